The molecule has 1 aliphatic rings. The highest BCUT2D eigenvalue weighted by Crippen LogP contribution is 2.30. The standard InChI is InChI=1S/C11H15N3O5S/c12-7-1-2-14(11(17)13-7)10-9(18-3-4-20)8(16)6(5-15)19-10/h1-2,4,6,8-10,15-16H,3,5H2,(H2,12,13,17)/t6-,8-,9-,10-/m1/s1. The van der Waals surface area contributed by atoms with Crippen LogP contribution >= 0.6 is 12.2 Å². The summed E-state index contributed by atoms with van der Waals surface area (Å²) < 4.78 is 12.0. The molecule has 1 aromatic heterocycles. The molecule has 4 atom stereocenters. The van der Waals surface area contributed by atoms with Crippen LogP contribution in [-0.4, -0.2) is 56.7 Å². The summed E-state index contributed by atoms with van der Waals surface area (Å²) in [6.45, 7) is -0.293. The van der Waals surface area contributed by atoms with Crippen LogP contribution in [0.1, 0.15) is 6.23 Å². The third-order valence-electron chi connectivity index (χ3n) is 2.98. The van der Waals surface area contributed by atoms with Gasteiger partial charge in [0.15, 0.2) is 6.23 Å². The summed E-state index contributed by atoms with van der Waals surface area (Å²) in [5.41, 5.74) is 4.79. The maximum Gasteiger partial charge on any atom is 0.351 e. The molecule has 0 radical (unpaired) electrons. The van der Waals surface area contributed by atoms with E-state index in [4.69, 9.17) is 20.3 Å². The molecule has 0 saturated carbocycles. The Morgan fingerprint density at radius 1 is 1.65 bits per heavy atom. The molecule has 110 valence electrons. The predicted molar refractivity (Wildman–Crippen MR) is 73.3 cm³/mol. The van der Waals surface area contributed by atoms with Crippen molar-refractivity contribution >= 4 is 23.4 Å². The Morgan fingerprint density at radius 2 is 2.40 bits per heavy atom. The molecule has 1 aromatic rings. The van der Waals surface area contributed by atoms with Crippen LogP contribution in [0.15, 0.2) is 17.1 Å². The van der Waals surface area contributed by atoms with E-state index >= 15 is 0 Å². The first kappa shape index (κ1) is 15.0. The van der Waals surface area contributed by atoms with Gasteiger partial charge in [0.1, 0.15) is 24.1 Å². The van der Waals surface area contributed by atoms with Gasteiger partial charge in [-0.15, -0.1) is 0 Å². The molecule has 0 amide bonds. The van der Waals surface area contributed by atoms with Crippen molar-refractivity contribution in [2.75, 3.05) is 18.9 Å². The van der Waals surface area contributed by atoms with Gasteiger partial charge >= 0.3 is 5.69 Å². The predicted octanol–water partition coefficient (Wildman–Crippen LogP) is -1.54. The molecule has 4 N–H and O–H groups in total. The molecule has 0 bridgehead atoms. The fourth-order valence-corrected chi connectivity index (χ4v) is 2.12. The molecule has 2 heterocycles. The number of nitrogen functional groups attached to an aromatic ring is 1. The molecule has 2 rings (SSSR count). The number of hydrogen-bond donors (Lipinski definition) is 3. The molecule has 8 nitrogen and oxygen atoms in total. The second-order valence-corrected chi connectivity index (χ2v) is 4.58. The van der Waals surface area contributed by atoms with Crippen LogP contribution in [0, 0.1) is 0 Å². The van der Waals surface area contributed by atoms with Gasteiger partial charge in [-0.2, -0.15) is 4.98 Å². The van der Waals surface area contributed by atoms with Crippen LogP contribution in [0.25, 0.3) is 0 Å². The zero-order chi connectivity index (χ0) is 14.7. The minimum Gasteiger partial charge on any atom is -0.394 e. The van der Waals surface area contributed by atoms with Crippen LogP contribution in [0.5, 0.6) is 0 Å². The molecule has 1 aliphatic heterocycles. The van der Waals surface area contributed by atoms with Gasteiger partial charge in [0.05, 0.1) is 13.2 Å². The second kappa shape index (κ2) is 6.37. The van der Waals surface area contributed by atoms with Crippen LogP contribution in [0.4, 0.5) is 5.82 Å². The molecule has 0 spiro atoms. The number of anilines is 1. The number of nitrogens with zero attached hydrogens (tertiary/aromatic N) is 2. The van der Waals surface area contributed by atoms with Crippen LogP contribution in [0.2, 0.25) is 0 Å². The van der Waals surface area contributed by atoms with Gasteiger partial charge in [-0.25, -0.2) is 4.79 Å². The molecular formula is C11H15N3O5S. The summed E-state index contributed by atoms with van der Waals surface area (Å²) >= 11 is 4.66. The minimum absolute atomic E-state index is 0.0832. The molecule has 0 unspecified atom stereocenters. The zero-order valence-corrected chi connectivity index (χ0v) is 11.3. The lowest BCUT2D eigenvalue weighted by atomic mass is 10.1. The summed E-state index contributed by atoms with van der Waals surface area (Å²) in [6.07, 6.45) is -2.27. The van der Waals surface area contributed by atoms with Gasteiger partial charge in [-0.05, 0) is 6.07 Å². The monoisotopic (exact) mass is 301 g/mol. The highest BCUT2D eigenvalue weighted by atomic mass is 32.1. The highest BCUT2D eigenvalue weighted by Gasteiger charge is 2.45. The van der Waals surface area contributed by atoms with Crippen molar-refractivity contribution in [1.29, 1.82) is 0 Å². The molecule has 20 heavy (non-hydrogen) atoms. The summed E-state index contributed by atoms with van der Waals surface area (Å²) in [5.74, 6) is 0.0832. The second-order valence-electron chi connectivity index (χ2n) is 4.25. The van der Waals surface area contributed by atoms with Crippen LogP contribution in [-0.2, 0) is 9.47 Å². The Balaban J connectivity index is 2.31. The molecule has 1 fully saturated rings. The first-order valence-corrected chi connectivity index (χ1v) is 6.40. The van der Waals surface area contributed by atoms with Crippen LogP contribution in [0.3, 0.4) is 0 Å². The van der Waals surface area contributed by atoms with E-state index in [0.29, 0.717) is 0 Å². The van der Waals surface area contributed by atoms with Crippen molar-refractivity contribution in [2.24, 2.45) is 0 Å². The number of aromatic nitrogens is 2. The highest BCUT2D eigenvalue weighted by molar-refractivity contribution is 7.79. The van der Waals surface area contributed by atoms with Crippen molar-refractivity contribution in [3.63, 3.8) is 0 Å². The summed E-state index contributed by atoms with van der Waals surface area (Å²) in [4.78, 5) is 15.4. The van der Waals surface area contributed by atoms with Gasteiger partial charge in [0.25, 0.3) is 0 Å². The van der Waals surface area contributed by atoms with E-state index in [1.807, 2.05) is 0 Å². The van der Waals surface area contributed by atoms with Gasteiger partial charge in [0, 0.05) is 11.6 Å². The lowest BCUT2D eigenvalue weighted by Crippen LogP contribution is -2.38. The van der Waals surface area contributed by atoms with Crippen molar-refractivity contribution in [2.45, 2.75) is 24.5 Å². The maximum absolute atomic E-state index is 11.8. The maximum atomic E-state index is 11.8. The topological polar surface area (TPSA) is 120 Å². The van der Waals surface area contributed by atoms with Gasteiger partial charge in [0.2, 0.25) is 0 Å². The van der Waals surface area contributed by atoms with Gasteiger partial charge < -0.3 is 25.4 Å². The third kappa shape index (κ3) is 2.86. The number of rotatable bonds is 5. The van der Waals surface area contributed by atoms with E-state index in [-0.39, 0.29) is 12.4 Å². The third-order valence-corrected chi connectivity index (χ3v) is 3.11. The summed E-state index contributed by atoms with van der Waals surface area (Å²) in [6, 6.07) is 1.43. The molecule has 1 saturated heterocycles. The largest absolute Gasteiger partial charge is 0.394 e. The number of nitrogens with two attached hydrogens (primary N) is 1. The van der Waals surface area contributed by atoms with Crippen molar-refractivity contribution < 1.29 is 19.7 Å². The lowest BCUT2D eigenvalue weighted by molar-refractivity contribution is -0.0662. The first-order valence-electron chi connectivity index (χ1n) is 5.92. The average molecular weight is 301 g/mol. The van der Waals surface area contributed by atoms with E-state index in [2.05, 4.69) is 17.2 Å². The lowest BCUT2D eigenvalue weighted by Gasteiger charge is -2.21. The van der Waals surface area contributed by atoms with E-state index in [1.165, 1.54) is 17.6 Å². The summed E-state index contributed by atoms with van der Waals surface area (Å²) in [7, 11) is 0. The Hall–Kier alpha value is -1.39. The molecule has 9 heteroatoms. The number of aliphatic hydroxyl groups excluding tert-OH is 2. The van der Waals surface area contributed by atoms with Crippen molar-refractivity contribution in [3.8, 4) is 0 Å². The van der Waals surface area contributed by atoms with Gasteiger partial charge in [-0.1, -0.05) is 12.2 Å². The number of thiocarbonyl (C=S) groups is 1. The van der Waals surface area contributed by atoms with Crippen molar-refractivity contribution in [1.82, 2.24) is 9.55 Å². The van der Waals surface area contributed by atoms with E-state index in [9.17, 15) is 9.90 Å². The summed E-state index contributed by atoms with van der Waals surface area (Å²) in [5, 5.41) is 20.5. The van der Waals surface area contributed by atoms with E-state index in [0.717, 1.165) is 4.57 Å². The van der Waals surface area contributed by atoms with E-state index in [1.54, 1.807) is 0 Å². The quantitative estimate of drug-likeness (QED) is 0.560. The van der Waals surface area contributed by atoms with E-state index < -0.39 is 36.8 Å². The Labute approximate surface area is 119 Å². The number of aliphatic hydroxyl groups is 2. The van der Waals surface area contributed by atoms with Crippen molar-refractivity contribution in [3.05, 3.63) is 22.7 Å². The fourth-order valence-electron chi connectivity index (χ4n) is 2.04. The Bertz CT molecular complexity index is 537. The first-order chi connectivity index (χ1) is 9.58. The Morgan fingerprint density at radius 3 is 3.00 bits per heavy atom. The minimum atomic E-state index is -1.08. The number of hydrogen-bond acceptors (Lipinski definition) is 8. The normalized spacial score (nSPS) is 29.5. The SMILES string of the molecule is Nc1ccn([C@@H]2O[C@H](CO)[C@@H](O)[C@H]2OCC=S)c(=O)n1. The average Bonchev–Trinajstić information content (AvgIpc) is 2.73. The molecular weight excluding hydrogens is 286 g/mol. The number of ether oxygens (including phenoxy) is 2. The Kier molecular flexibility index (Phi) is 4.78. The smallest absolute Gasteiger partial charge is 0.351 e. The van der Waals surface area contributed by atoms with Crippen LogP contribution < -0.4 is 11.4 Å². The fraction of sp³-hybridized carbons (Fsp3) is 0.545. The zero-order valence-electron chi connectivity index (χ0n) is 10.5. The molecule has 0 aliphatic carbocycles. The van der Waals surface area contributed by atoms with Gasteiger partial charge in [-0.3, -0.25) is 4.57 Å². The molecule has 0 aromatic carbocycles.